The first-order valence-electron chi connectivity index (χ1n) is 10.4. The highest BCUT2D eigenvalue weighted by atomic mass is 19.1. The molecular formula is C22H27FN6O2. The summed E-state index contributed by atoms with van der Waals surface area (Å²) in [5.41, 5.74) is 4.07. The number of ether oxygens (including phenoxy) is 1. The van der Waals surface area contributed by atoms with Gasteiger partial charge in [-0.25, -0.2) is 4.39 Å². The normalized spacial score (nSPS) is 13.4. The molecule has 1 aliphatic heterocycles. The molecule has 1 N–H and O–H groups in total. The molecule has 1 aromatic carbocycles. The zero-order valence-corrected chi connectivity index (χ0v) is 18.1. The minimum absolute atomic E-state index is 0.0171. The van der Waals surface area contributed by atoms with Gasteiger partial charge in [-0.3, -0.25) is 14.2 Å². The molecule has 0 spiro atoms. The minimum atomic E-state index is -0.371. The fourth-order valence-corrected chi connectivity index (χ4v) is 3.84. The van der Waals surface area contributed by atoms with Gasteiger partial charge in [0.05, 0.1) is 31.6 Å². The Morgan fingerprint density at radius 1 is 1.32 bits per heavy atom. The van der Waals surface area contributed by atoms with Crippen molar-refractivity contribution in [3.8, 4) is 11.1 Å². The van der Waals surface area contributed by atoms with Gasteiger partial charge in [0.1, 0.15) is 5.82 Å². The third-order valence-corrected chi connectivity index (χ3v) is 5.49. The van der Waals surface area contributed by atoms with E-state index in [4.69, 9.17) is 9.84 Å². The average molecular weight is 426 g/mol. The Morgan fingerprint density at radius 2 is 2.16 bits per heavy atom. The summed E-state index contributed by atoms with van der Waals surface area (Å²) in [4.78, 5) is 13.7. The zero-order chi connectivity index (χ0) is 22.0. The third kappa shape index (κ3) is 4.46. The van der Waals surface area contributed by atoms with E-state index in [1.165, 1.54) is 6.07 Å². The first-order valence-corrected chi connectivity index (χ1v) is 10.4. The lowest BCUT2D eigenvalue weighted by molar-refractivity contribution is -0.129. The number of halogens is 1. The highest BCUT2D eigenvalue weighted by molar-refractivity contribution is 5.75. The Labute approximate surface area is 180 Å². The van der Waals surface area contributed by atoms with Crippen LogP contribution in [0.4, 0.5) is 15.9 Å². The number of fused-ring (bicyclic) bond motifs is 1. The fraction of sp³-hybridized carbons (Fsp3) is 0.409. The average Bonchev–Trinajstić information content (AvgIpc) is 3.33. The van der Waals surface area contributed by atoms with E-state index in [1.807, 2.05) is 24.9 Å². The van der Waals surface area contributed by atoms with Gasteiger partial charge in [0.2, 0.25) is 5.91 Å². The summed E-state index contributed by atoms with van der Waals surface area (Å²) in [6.07, 6.45) is 4.33. The van der Waals surface area contributed by atoms with Crippen LogP contribution in [0.3, 0.4) is 0 Å². The van der Waals surface area contributed by atoms with Gasteiger partial charge in [0, 0.05) is 56.6 Å². The van der Waals surface area contributed by atoms with Crippen LogP contribution >= 0.6 is 0 Å². The first-order chi connectivity index (χ1) is 15.0. The molecular weight excluding hydrogens is 399 g/mol. The van der Waals surface area contributed by atoms with Gasteiger partial charge in [-0.2, -0.15) is 10.2 Å². The maximum atomic E-state index is 14.7. The van der Waals surface area contributed by atoms with Crippen molar-refractivity contribution in [2.24, 2.45) is 7.05 Å². The second-order valence-electron chi connectivity index (χ2n) is 7.61. The molecule has 0 atom stereocenters. The Hall–Kier alpha value is -3.20. The molecule has 0 saturated carbocycles. The molecule has 0 fully saturated rings. The number of nitrogens with zero attached hydrogens (tertiary/aromatic N) is 5. The molecule has 4 rings (SSSR count). The summed E-state index contributed by atoms with van der Waals surface area (Å²) in [7, 11) is 1.84. The highest BCUT2D eigenvalue weighted by Crippen LogP contribution is 2.31. The molecule has 3 aromatic rings. The second kappa shape index (κ2) is 8.89. The number of rotatable bonds is 7. The van der Waals surface area contributed by atoms with Gasteiger partial charge in [0.15, 0.2) is 5.82 Å². The van der Waals surface area contributed by atoms with E-state index >= 15 is 0 Å². The quantitative estimate of drug-likeness (QED) is 0.588. The second-order valence-corrected chi connectivity index (χ2v) is 7.61. The smallest absolute Gasteiger partial charge is 0.219 e. The number of anilines is 2. The lowest BCUT2D eigenvalue weighted by Crippen LogP contribution is -2.34. The molecule has 9 heteroatoms. The number of hydrogen-bond donors (Lipinski definition) is 1. The lowest BCUT2D eigenvalue weighted by atomic mass is 10.1. The van der Waals surface area contributed by atoms with Gasteiger partial charge < -0.3 is 15.0 Å². The van der Waals surface area contributed by atoms with Crippen molar-refractivity contribution >= 4 is 17.4 Å². The number of carbonyl (C=O) groups is 1. The van der Waals surface area contributed by atoms with Gasteiger partial charge in [-0.05, 0) is 24.6 Å². The number of carbonyl (C=O) groups excluding carboxylic acids is 1. The molecule has 1 aliphatic rings. The van der Waals surface area contributed by atoms with Crippen LogP contribution in [0, 0.1) is 5.82 Å². The summed E-state index contributed by atoms with van der Waals surface area (Å²) in [6, 6.07) is 4.92. The van der Waals surface area contributed by atoms with Gasteiger partial charge in [0.25, 0.3) is 0 Å². The molecule has 0 bridgehead atoms. The van der Waals surface area contributed by atoms with E-state index in [-0.39, 0.29) is 11.7 Å². The van der Waals surface area contributed by atoms with Crippen LogP contribution in [0.2, 0.25) is 0 Å². The van der Waals surface area contributed by atoms with Crippen molar-refractivity contribution in [2.75, 3.05) is 25.1 Å². The molecule has 164 valence electrons. The standard InChI is InChI=1S/C22H27FN6O2/c1-4-31-10-9-29-21-7-8-28(15(2)30)14-18(21)22(26-29)25-20-11-16(5-6-19(20)23)17-12-24-27(3)13-17/h5-6,11-13H,4,7-10,14H2,1-3H3,(H,25,26). The van der Waals surface area contributed by atoms with E-state index in [0.29, 0.717) is 50.8 Å². The molecule has 31 heavy (non-hydrogen) atoms. The van der Waals surface area contributed by atoms with Gasteiger partial charge in [-0.1, -0.05) is 6.07 Å². The molecule has 1 amide bonds. The van der Waals surface area contributed by atoms with Crippen LogP contribution in [-0.4, -0.2) is 50.1 Å². The third-order valence-electron chi connectivity index (χ3n) is 5.49. The molecule has 0 unspecified atom stereocenters. The summed E-state index contributed by atoms with van der Waals surface area (Å²) in [6.45, 7) is 6.40. The molecule has 0 aliphatic carbocycles. The molecule has 2 aromatic heterocycles. The van der Waals surface area contributed by atoms with Crippen LogP contribution in [0.15, 0.2) is 30.6 Å². The van der Waals surface area contributed by atoms with E-state index < -0.39 is 0 Å². The summed E-state index contributed by atoms with van der Waals surface area (Å²) < 4.78 is 23.8. The minimum Gasteiger partial charge on any atom is -0.380 e. The van der Waals surface area contributed by atoms with E-state index in [9.17, 15) is 9.18 Å². The summed E-state index contributed by atoms with van der Waals surface area (Å²) in [5, 5.41) is 12.1. The summed E-state index contributed by atoms with van der Waals surface area (Å²) in [5.74, 6) is 0.215. The topological polar surface area (TPSA) is 77.2 Å². The highest BCUT2D eigenvalue weighted by Gasteiger charge is 2.26. The van der Waals surface area contributed by atoms with Gasteiger partial charge in [-0.15, -0.1) is 0 Å². The van der Waals surface area contributed by atoms with Crippen molar-refractivity contribution < 1.29 is 13.9 Å². The molecule has 8 nitrogen and oxygen atoms in total. The lowest BCUT2D eigenvalue weighted by Gasteiger charge is -2.26. The maximum absolute atomic E-state index is 14.7. The Bertz CT molecular complexity index is 1090. The molecule has 3 heterocycles. The van der Waals surface area contributed by atoms with Crippen LogP contribution in [0.5, 0.6) is 0 Å². The fourth-order valence-electron chi connectivity index (χ4n) is 3.84. The van der Waals surface area contributed by atoms with Crippen molar-refractivity contribution in [3.05, 3.63) is 47.7 Å². The number of benzene rings is 1. The predicted octanol–water partition coefficient (Wildman–Crippen LogP) is 3.11. The Balaban J connectivity index is 1.67. The van der Waals surface area contributed by atoms with Crippen LogP contribution in [0.25, 0.3) is 11.1 Å². The van der Waals surface area contributed by atoms with Crippen molar-refractivity contribution in [1.29, 1.82) is 0 Å². The van der Waals surface area contributed by atoms with Crippen LogP contribution in [0.1, 0.15) is 25.1 Å². The first kappa shape index (κ1) is 21.0. The predicted molar refractivity (Wildman–Crippen MR) is 115 cm³/mol. The van der Waals surface area contributed by atoms with Gasteiger partial charge >= 0.3 is 0 Å². The van der Waals surface area contributed by atoms with E-state index in [0.717, 1.165) is 22.4 Å². The Morgan fingerprint density at radius 3 is 2.87 bits per heavy atom. The van der Waals surface area contributed by atoms with Crippen LogP contribution in [-0.2, 0) is 36.1 Å². The number of hydrogen-bond acceptors (Lipinski definition) is 5. The zero-order valence-electron chi connectivity index (χ0n) is 18.1. The summed E-state index contributed by atoms with van der Waals surface area (Å²) >= 11 is 0. The number of aryl methyl sites for hydroxylation is 1. The number of nitrogens with one attached hydrogen (secondary N) is 1. The Kier molecular flexibility index (Phi) is 6.03. The largest absolute Gasteiger partial charge is 0.380 e. The van der Waals surface area contributed by atoms with E-state index in [1.54, 1.807) is 34.8 Å². The van der Waals surface area contributed by atoms with Crippen LogP contribution < -0.4 is 5.32 Å². The molecule has 0 radical (unpaired) electrons. The van der Waals surface area contributed by atoms with E-state index in [2.05, 4.69) is 10.4 Å². The van der Waals surface area contributed by atoms with Crippen molar-refractivity contribution in [3.63, 3.8) is 0 Å². The monoisotopic (exact) mass is 426 g/mol. The number of aromatic nitrogens is 4. The molecule has 0 saturated heterocycles. The van der Waals surface area contributed by atoms with Crippen molar-refractivity contribution in [1.82, 2.24) is 24.5 Å². The maximum Gasteiger partial charge on any atom is 0.219 e. The van der Waals surface area contributed by atoms with Crippen molar-refractivity contribution in [2.45, 2.75) is 33.4 Å². The SMILES string of the molecule is CCOCCn1nc(Nc2cc(-c3cnn(C)c3)ccc2F)c2c1CCN(C(C)=O)C2. The number of amides is 1.